The van der Waals surface area contributed by atoms with Crippen molar-refractivity contribution in [2.45, 2.75) is 4.90 Å². The van der Waals surface area contributed by atoms with Gasteiger partial charge in [0.1, 0.15) is 0 Å². The number of carbonyl (C=O) groups excluding carboxylic acids is 1. The van der Waals surface area contributed by atoms with Crippen molar-refractivity contribution < 1.29 is 13.2 Å². The molecule has 2 heterocycles. The molecule has 27 heavy (non-hydrogen) atoms. The molecule has 0 spiro atoms. The van der Waals surface area contributed by atoms with Crippen molar-refractivity contribution in [2.75, 3.05) is 4.72 Å². The fourth-order valence-electron chi connectivity index (χ4n) is 2.67. The fraction of sp³-hybridized carbons (Fsp3) is 0. The molecule has 0 amide bonds. The molecule has 0 aliphatic carbocycles. The van der Waals surface area contributed by atoms with Crippen LogP contribution in [0.2, 0.25) is 5.02 Å². The lowest BCUT2D eigenvalue weighted by atomic mass is 10.2. The lowest BCUT2D eigenvalue weighted by molar-refractivity contribution is 0.0965. The molecule has 2 aromatic carbocycles. The second-order valence-electron chi connectivity index (χ2n) is 5.66. The van der Waals surface area contributed by atoms with Crippen LogP contribution in [0.1, 0.15) is 10.4 Å². The highest BCUT2D eigenvalue weighted by molar-refractivity contribution is 7.93. The van der Waals surface area contributed by atoms with E-state index in [4.69, 9.17) is 11.6 Å². The Hall–Kier alpha value is -2.68. The molecule has 2 aromatic heterocycles. The van der Waals surface area contributed by atoms with E-state index < -0.39 is 10.0 Å². The van der Waals surface area contributed by atoms with Gasteiger partial charge in [0, 0.05) is 33.7 Å². The van der Waals surface area contributed by atoms with Gasteiger partial charge in [0.15, 0.2) is 5.13 Å². The van der Waals surface area contributed by atoms with Crippen LogP contribution in [0.4, 0.5) is 5.13 Å². The Morgan fingerprint density at radius 1 is 1.15 bits per heavy atom. The highest BCUT2D eigenvalue weighted by Gasteiger charge is 2.18. The van der Waals surface area contributed by atoms with E-state index in [9.17, 15) is 13.2 Å². The Morgan fingerprint density at radius 2 is 2.00 bits per heavy atom. The summed E-state index contributed by atoms with van der Waals surface area (Å²) in [6.45, 7) is 0. The van der Waals surface area contributed by atoms with E-state index in [0.717, 1.165) is 0 Å². The zero-order valence-corrected chi connectivity index (χ0v) is 16.1. The Kier molecular flexibility index (Phi) is 4.47. The van der Waals surface area contributed by atoms with Crippen molar-refractivity contribution in [3.63, 3.8) is 0 Å². The highest BCUT2D eigenvalue weighted by Crippen LogP contribution is 2.24. The zero-order valence-electron chi connectivity index (χ0n) is 13.7. The lowest BCUT2D eigenvalue weighted by Gasteiger charge is -2.07. The quantitative estimate of drug-likeness (QED) is 0.538. The number of nitrogens with one attached hydrogen (secondary N) is 1. The van der Waals surface area contributed by atoms with Crippen LogP contribution < -0.4 is 4.72 Å². The molecule has 0 radical (unpaired) electrons. The van der Waals surface area contributed by atoms with Crippen LogP contribution >= 0.6 is 22.9 Å². The van der Waals surface area contributed by atoms with E-state index in [-0.39, 0.29) is 10.8 Å². The van der Waals surface area contributed by atoms with Crippen LogP contribution in [0, 0.1) is 0 Å². The summed E-state index contributed by atoms with van der Waals surface area (Å²) < 4.78 is 28.9. The normalized spacial score (nSPS) is 11.6. The van der Waals surface area contributed by atoms with Crippen LogP contribution in [-0.2, 0) is 10.0 Å². The van der Waals surface area contributed by atoms with Crippen molar-refractivity contribution in [3.8, 4) is 0 Å². The predicted molar refractivity (Wildman–Crippen MR) is 106 cm³/mol. The molecule has 0 fully saturated rings. The van der Waals surface area contributed by atoms with Gasteiger partial charge in [-0.05, 0) is 42.5 Å². The van der Waals surface area contributed by atoms with Crippen molar-refractivity contribution in [1.29, 1.82) is 0 Å². The van der Waals surface area contributed by atoms with E-state index in [2.05, 4.69) is 9.71 Å². The first-order chi connectivity index (χ1) is 12.9. The number of rotatable bonds is 4. The Bertz CT molecular complexity index is 1250. The summed E-state index contributed by atoms with van der Waals surface area (Å²) in [7, 11) is -3.76. The van der Waals surface area contributed by atoms with Crippen molar-refractivity contribution >= 4 is 54.9 Å². The van der Waals surface area contributed by atoms with Gasteiger partial charge in [-0.3, -0.25) is 14.1 Å². The molecular weight excluding hydrogens is 406 g/mol. The maximum absolute atomic E-state index is 12.7. The van der Waals surface area contributed by atoms with E-state index in [0.29, 0.717) is 26.6 Å². The number of aromatic nitrogens is 2. The number of sulfonamides is 1. The minimum Gasteiger partial charge on any atom is -0.283 e. The second-order valence-corrected chi connectivity index (χ2v) is 8.68. The number of hydrogen-bond acceptors (Lipinski definition) is 5. The number of hydrogen-bond donors (Lipinski definition) is 1. The van der Waals surface area contributed by atoms with E-state index in [1.165, 1.54) is 34.2 Å². The molecule has 0 aliphatic heterocycles. The minimum absolute atomic E-state index is 0.0955. The summed E-state index contributed by atoms with van der Waals surface area (Å²) >= 11 is 7.15. The molecule has 4 rings (SSSR count). The topological polar surface area (TPSA) is 81.1 Å². The summed E-state index contributed by atoms with van der Waals surface area (Å²) in [6, 6.07) is 12.9. The summed E-state index contributed by atoms with van der Waals surface area (Å²) in [6.07, 6.45) is 3.13. The number of nitrogens with zero attached hydrogens (tertiary/aromatic N) is 2. The number of halogens is 1. The van der Waals surface area contributed by atoms with Crippen LogP contribution in [0.15, 0.2) is 71.2 Å². The number of carbonyl (C=O) groups is 1. The van der Waals surface area contributed by atoms with Gasteiger partial charge in [-0.25, -0.2) is 13.4 Å². The van der Waals surface area contributed by atoms with Crippen LogP contribution in [0.25, 0.3) is 10.9 Å². The summed E-state index contributed by atoms with van der Waals surface area (Å²) in [4.78, 5) is 16.8. The molecule has 0 aliphatic rings. The Morgan fingerprint density at radius 3 is 2.74 bits per heavy atom. The van der Waals surface area contributed by atoms with Gasteiger partial charge < -0.3 is 0 Å². The maximum Gasteiger partial charge on any atom is 0.263 e. The molecule has 0 bridgehead atoms. The average molecular weight is 418 g/mol. The van der Waals surface area contributed by atoms with Gasteiger partial charge in [0.25, 0.3) is 15.9 Å². The Labute approximate surface area is 164 Å². The summed E-state index contributed by atoms with van der Waals surface area (Å²) in [5.41, 5.74) is 1.05. The van der Waals surface area contributed by atoms with Gasteiger partial charge >= 0.3 is 0 Å². The summed E-state index contributed by atoms with van der Waals surface area (Å²) in [5, 5.41) is 3.08. The molecule has 6 nitrogen and oxygen atoms in total. The van der Waals surface area contributed by atoms with Gasteiger partial charge in [-0.1, -0.05) is 17.7 Å². The number of thiazole rings is 1. The SMILES string of the molecule is O=C(c1cccc(Cl)c1)n1ccc2cc(S(=O)(=O)Nc3nccs3)ccc21. The fourth-order valence-corrected chi connectivity index (χ4v) is 4.69. The zero-order chi connectivity index (χ0) is 19.0. The largest absolute Gasteiger partial charge is 0.283 e. The first-order valence-corrected chi connectivity index (χ1v) is 10.5. The second kappa shape index (κ2) is 6.80. The first kappa shape index (κ1) is 17.7. The third-order valence-corrected chi connectivity index (χ3v) is 6.31. The van der Waals surface area contributed by atoms with E-state index in [1.807, 2.05) is 0 Å². The summed E-state index contributed by atoms with van der Waals surface area (Å²) in [5.74, 6) is -0.246. The van der Waals surface area contributed by atoms with Gasteiger partial charge in [0.2, 0.25) is 0 Å². The van der Waals surface area contributed by atoms with Crippen molar-refractivity contribution in [2.24, 2.45) is 0 Å². The van der Waals surface area contributed by atoms with Crippen molar-refractivity contribution in [3.05, 3.63) is 76.9 Å². The van der Waals surface area contributed by atoms with Crippen LogP contribution in [0.5, 0.6) is 0 Å². The van der Waals surface area contributed by atoms with E-state index >= 15 is 0 Å². The highest BCUT2D eigenvalue weighted by atomic mass is 35.5. The number of fused-ring (bicyclic) bond motifs is 1. The number of benzene rings is 2. The smallest absolute Gasteiger partial charge is 0.263 e. The molecule has 0 saturated heterocycles. The van der Waals surface area contributed by atoms with Gasteiger partial charge in [0.05, 0.1) is 10.4 Å². The molecule has 0 unspecified atom stereocenters. The van der Waals surface area contributed by atoms with Gasteiger partial charge in [-0.2, -0.15) is 0 Å². The molecule has 0 atom stereocenters. The molecule has 9 heteroatoms. The van der Waals surface area contributed by atoms with Crippen LogP contribution in [0.3, 0.4) is 0 Å². The van der Waals surface area contributed by atoms with Crippen LogP contribution in [-0.4, -0.2) is 23.9 Å². The first-order valence-electron chi connectivity index (χ1n) is 7.78. The van der Waals surface area contributed by atoms with Crippen molar-refractivity contribution in [1.82, 2.24) is 9.55 Å². The maximum atomic E-state index is 12.7. The average Bonchev–Trinajstić information content (AvgIpc) is 3.29. The molecule has 1 N–H and O–H groups in total. The van der Waals surface area contributed by atoms with E-state index in [1.54, 1.807) is 48.0 Å². The molecule has 0 saturated carbocycles. The monoisotopic (exact) mass is 417 g/mol. The predicted octanol–water partition coefficient (Wildman–Crippen LogP) is 4.24. The standard InChI is InChI=1S/C18H12ClN3O3S2/c19-14-3-1-2-13(10-14)17(23)22-8-6-12-11-15(4-5-16(12)22)27(24,25)21-18-20-7-9-26-18/h1-11H,(H,20,21). The lowest BCUT2D eigenvalue weighted by Crippen LogP contribution is -2.13. The molecule has 4 aromatic rings. The van der Waals surface area contributed by atoms with Gasteiger partial charge in [-0.15, -0.1) is 11.3 Å². The number of anilines is 1. The third kappa shape index (κ3) is 3.46. The third-order valence-electron chi connectivity index (χ3n) is 3.92. The minimum atomic E-state index is -3.76. The Balaban J connectivity index is 1.70. The molecular formula is C18H12ClN3O3S2. The molecule has 136 valence electrons.